The first kappa shape index (κ1) is 26.3. The third kappa shape index (κ3) is 9.21. The second-order valence-corrected chi connectivity index (χ2v) is 8.02. The highest BCUT2D eigenvalue weighted by Gasteiger charge is 2.23. The summed E-state index contributed by atoms with van der Waals surface area (Å²) in [5.41, 5.74) is 2.61. The van der Waals surface area contributed by atoms with Crippen molar-refractivity contribution in [3.8, 4) is 0 Å². The van der Waals surface area contributed by atoms with Crippen molar-refractivity contribution in [2.75, 3.05) is 66.3 Å². The van der Waals surface area contributed by atoms with Crippen LogP contribution in [0.1, 0.15) is 36.4 Å². The second kappa shape index (κ2) is 15.0. The smallest absolute Gasteiger partial charge is 0.191 e. The minimum absolute atomic E-state index is 0. The maximum Gasteiger partial charge on any atom is 0.191 e. The van der Waals surface area contributed by atoms with Gasteiger partial charge in [-0.05, 0) is 31.7 Å². The van der Waals surface area contributed by atoms with Gasteiger partial charge >= 0.3 is 0 Å². The van der Waals surface area contributed by atoms with Gasteiger partial charge in [-0.1, -0.05) is 29.8 Å². The molecule has 2 saturated heterocycles. The first-order chi connectivity index (χ1) is 14.8. The summed E-state index contributed by atoms with van der Waals surface area (Å²) in [7, 11) is 1.82. The average molecular weight is 546 g/mol. The van der Waals surface area contributed by atoms with Crippen molar-refractivity contribution < 1.29 is 14.2 Å². The van der Waals surface area contributed by atoms with Crippen molar-refractivity contribution in [3.05, 3.63) is 35.4 Å². The highest BCUT2D eigenvalue weighted by Crippen LogP contribution is 2.21. The van der Waals surface area contributed by atoms with Crippen LogP contribution in [0.25, 0.3) is 0 Å². The molecule has 1 aromatic carbocycles. The molecular formula is C23H39IN4O3. The number of rotatable bonds is 10. The molecule has 2 heterocycles. The molecule has 0 spiro atoms. The Labute approximate surface area is 204 Å². The predicted molar refractivity (Wildman–Crippen MR) is 136 cm³/mol. The minimum atomic E-state index is 0. The van der Waals surface area contributed by atoms with Crippen molar-refractivity contribution >= 4 is 29.9 Å². The molecule has 176 valence electrons. The number of guanidine groups is 1. The van der Waals surface area contributed by atoms with Crippen molar-refractivity contribution in [1.29, 1.82) is 0 Å². The number of morpholine rings is 1. The Bertz CT molecular complexity index is 632. The lowest BCUT2D eigenvalue weighted by molar-refractivity contribution is 0.0165. The summed E-state index contributed by atoms with van der Waals surface area (Å²) in [5, 5.41) is 6.91. The van der Waals surface area contributed by atoms with Crippen LogP contribution in [0.5, 0.6) is 0 Å². The van der Waals surface area contributed by atoms with Crippen LogP contribution in [0, 0.1) is 6.92 Å². The predicted octanol–water partition coefficient (Wildman–Crippen LogP) is 2.74. The van der Waals surface area contributed by atoms with E-state index < -0.39 is 0 Å². The summed E-state index contributed by atoms with van der Waals surface area (Å²) in [5.74, 6) is 0.833. The number of aryl methyl sites for hydroxylation is 1. The molecule has 0 radical (unpaired) electrons. The summed E-state index contributed by atoms with van der Waals surface area (Å²) < 4.78 is 16.9. The molecule has 0 saturated carbocycles. The third-order valence-electron chi connectivity index (χ3n) is 5.72. The lowest BCUT2D eigenvalue weighted by Crippen LogP contribution is -2.46. The standard InChI is InChI=1S/C23H38N4O3.HI/c1-19-6-8-20(9-7-19)22(27-11-15-28-16-12-27)17-26-23(24-2)25-10-4-13-29-18-21-5-3-14-30-21;/h6-9,21-22H,3-5,10-18H2,1-2H3,(H2,24,25,26);1H. The van der Waals surface area contributed by atoms with E-state index in [-0.39, 0.29) is 24.0 Å². The molecule has 2 unspecified atom stereocenters. The average Bonchev–Trinajstić information content (AvgIpc) is 3.30. The molecule has 2 atom stereocenters. The molecule has 0 bridgehead atoms. The molecule has 2 N–H and O–H groups in total. The maximum atomic E-state index is 5.73. The summed E-state index contributed by atoms with van der Waals surface area (Å²) in [6.45, 7) is 9.59. The van der Waals surface area contributed by atoms with Crippen LogP contribution in [0.2, 0.25) is 0 Å². The third-order valence-corrected chi connectivity index (χ3v) is 5.72. The molecule has 2 aliphatic rings. The summed E-state index contributed by atoms with van der Waals surface area (Å²) in [6.07, 6.45) is 3.52. The van der Waals surface area contributed by atoms with Crippen LogP contribution in [-0.4, -0.2) is 83.2 Å². The van der Waals surface area contributed by atoms with Crippen LogP contribution in [0.4, 0.5) is 0 Å². The van der Waals surface area contributed by atoms with Gasteiger partial charge in [-0.25, -0.2) is 0 Å². The molecule has 2 fully saturated rings. The fraction of sp³-hybridized carbons (Fsp3) is 0.696. The van der Waals surface area contributed by atoms with E-state index >= 15 is 0 Å². The molecule has 1 aromatic rings. The molecule has 7 nitrogen and oxygen atoms in total. The maximum absolute atomic E-state index is 5.73. The van der Waals surface area contributed by atoms with Crippen LogP contribution in [0.3, 0.4) is 0 Å². The Morgan fingerprint density at radius 2 is 1.97 bits per heavy atom. The van der Waals surface area contributed by atoms with Crippen molar-refractivity contribution in [2.45, 2.75) is 38.3 Å². The molecule has 0 amide bonds. The topological polar surface area (TPSA) is 67.4 Å². The van der Waals surface area contributed by atoms with Crippen LogP contribution < -0.4 is 10.6 Å². The largest absolute Gasteiger partial charge is 0.379 e. The number of nitrogens with one attached hydrogen (secondary N) is 2. The number of hydrogen-bond donors (Lipinski definition) is 2. The minimum Gasteiger partial charge on any atom is -0.379 e. The monoisotopic (exact) mass is 546 g/mol. The van der Waals surface area contributed by atoms with Crippen LogP contribution in [0.15, 0.2) is 29.3 Å². The van der Waals surface area contributed by atoms with Gasteiger partial charge in [-0.15, -0.1) is 24.0 Å². The van der Waals surface area contributed by atoms with E-state index in [1.807, 2.05) is 7.05 Å². The Kier molecular flexibility index (Phi) is 12.7. The van der Waals surface area contributed by atoms with E-state index in [1.165, 1.54) is 11.1 Å². The molecule has 31 heavy (non-hydrogen) atoms. The Hall–Kier alpha value is -0.940. The normalized spacial score (nSPS) is 20.8. The van der Waals surface area contributed by atoms with E-state index in [9.17, 15) is 0 Å². The molecule has 0 aliphatic carbocycles. The highest BCUT2D eigenvalue weighted by atomic mass is 127. The van der Waals surface area contributed by atoms with Gasteiger partial charge < -0.3 is 24.8 Å². The van der Waals surface area contributed by atoms with E-state index in [0.29, 0.717) is 18.8 Å². The Balaban J connectivity index is 0.00000341. The Morgan fingerprint density at radius 3 is 2.65 bits per heavy atom. The van der Waals surface area contributed by atoms with E-state index in [1.54, 1.807) is 0 Å². The molecule has 3 rings (SSSR count). The van der Waals surface area contributed by atoms with Crippen molar-refractivity contribution in [2.24, 2.45) is 4.99 Å². The molecule has 2 aliphatic heterocycles. The lowest BCUT2D eigenvalue weighted by Gasteiger charge is -2.35. The molecule has 0 aromatic heterocycles. The zero-order valence-electron chi connectivity index (χ0n) is 19.0. The van der Waals surface area contributed by atoms with Gasteiger partial charge in [0.15, 0.2) is 5.96 Å². The number of benzene rings is 1. The fourth-order valence-corrected chi connectivity index (χ4v) is 3.92. The molecule has 8 heteroatoms. The van der Waals surface area contributed by atoms with E-state index in [0.717, 1.165) is 77.8 Å². The van der Waals surface area contributed by atoms with Crippen LogP contribution >= 0.6 is 24.0 Å². The zero-order chi connectivity index (χ0) is 21.0. The first-order valence-electron chi connectivity index (χ1n) is 11.3. The SMILES string of the molecule is CN=C(NCCCOCC1CCCO1)NCC(c1ccc(C)cc1)N1CCOCC1.I. The number of halogens is 1. The summed E-state index contributed by atoms with van der Waals surface area (Å²) >= 11 is 0. The van der Waals surface area contributed by atoms with Gasteiger partial charge in [0.2, 0.25) is 0 Å². The molecular weight excluding hydrogens is 507 g/mol. The van der Waals surface area contributed by atoms with Gasteiger partial charge in [-0.2, -0.15) is 0 Å². The number of nitrogens with zero attached hydrogens (tertiary/aromatic N) is 2. The zero-order valence-corrected chi connectivity index (χ0v) is 21.3. The first-order valence-corrected chi connectivity index (χ1v) is 11.3. The van der Waals surface area contributed by atoms with Crippen molar-refractivity contribution in [1.82, 2.24) is 15.5 Å². The number of hydrogen-bond acceptors (Lipinski definition) is 5. The highest BCUT2D eigenvalue weighted by molar-refractivity contribution is 14.0. The summed E-state index contributed by atoms with van der Waals surface area (Å²) in [4.78, 5) is 6.88. The summed E-state index contributed by atoms with van der Waals surface area (Å²) in [6, 6.07) is 9.14. The van der Waals surface area contributed by atoms with Gasteiger partial charge in [-0.3, -0.25) is 9.89 Å². The quantitative estimate of drug-likeness (QED) is 0.204. The van der Waals surface area contributed by atoms with E-state index in [2.05, 4.69) is 51.7 Å². The van der Waals surface area contributed by atoms with Gasteiger partial charge in [0.25, 0.3) is 0 Å². The second-order valence-electron chi connectivity index (χ2n) is 8.02. The van der Waals surface area contributed by atoms with E-state index in [4.69, 9.17) is 14.2 Å². The fourth-order valence-electron chi connectivity index (χ4n) is 3.92. The number of ether oxygens (including phenoxy) is 3. The van der Waals surface area contributed by atoms with Crippen LogP contribution in [-0.2, 0) is 14.2 Å². The lowest BCUT2D eigenvalue weighted by atomic mass is 10.0. The number of aliphatic imine (C=N–C) groups is 1. The van der Waals surface area contributed by atoms with Gasteiger partial charge in [0.1, 0.15) is 0 Å². The van der Waals surface area contributed by atoms with Crippen molar-refractivity contribution in [3.63, 3.8) is 0 Å². The van der Waals surface area contributed by atoms with Gasteiger partial charge in [0, 0.05) is 46.4 Å². The van der Waals surface area contributed by atoms with Gasteiger partial charge in [0.05, 0.1) is 32.0 Å². The Morgan fingerprint density at radius 1 is 1.19 bits per heavy atom.